The van der Waals surface area contributed by atoms with Gasteiger partial charge in [-0.15, -0.1) is 0 Å². The summed E-state index contributed by atoms with van der Waals surface area (Å²) in [6.07, 6.45) is 12.9. The van der Waals surface area contributed by atoms with Gasteiger partial charge >= 0.3 is 0 Å². The summed E-state index contributed by atoms with van der Waals surface area (Å²) in [5.74, 6) is 3.98. The van der Waals surface area contributed by atoms with Crippen molar-refractivity contribution in [1.82, 2.24) is 0 Å². The Hall–Kier alpha value is -0.370. The van der Waals surface area contributed by atoms with Crippen LogP contribution in [-0.4, -0.2) is 17.4 Å². The fraction of sp³-hybridized carbons (Fsp3) is 0.905. The van der Waals surface area contributed by atoms with Crippen LogP contribution >= 0.6 is 0 Å². The first-order chi connectivity index (χ1) is 11.0. The molecule has 23 heavy (non-hydrogen) atoms. The highest BCUT2D eigenvalue weighted by Crippen LogP contribution is 2.64. The molecule has 0 aromatic carbocycles. The van der Waals surface area contributed by atoms with Crippen molar-refractivity contribution in [3.8, 4) is 0 Å². The third-order valence-electron chi connectivity index (χ3n) is 8.55. The Bertz CT molecular complexity index is 500. The molecular formula is C21H33FO. The summed E-state index contributed by atoms with van der Waals surface area (Å²) >= 11 is 0. The minimum Gasteiger partial charge on any atom is -0.387 e. The molecule has 130 valence electrons. The monoisotopic (exact) mass is 320 g/mol. The largest absolute Gasteiger partial charge is 0.387 e. The smallest absolute Gasteiger partial charge is 0.118 e. The zero-order valence-corrected chi connectivity index (χ0v) is 14.9. The maximum Gasteiger partial charge on any atom is 0.118 e. The highest BCUT2D eigenvalue weighted by Gasteiger charge is 2.56. The summed E-state index contributed by atoms with van der Waals surface area (Å²) < 4.78 is 13.2. The van der Waals surface area contributed by atoms with Crippen LogP contribution in [0, 0.1) is 35.0 Å². The van der Waals surface area contributed by atoms with Crippen LogP contribution in [0.15, 0.2) is 11.6 Å². The molecule has 7 atom stereocenters. The fourth-order valence-corrected chi connectivity index (χ4v) is 7.41. The average Bonchev–Trinajstić information content (AvgIpc) is 2.90. The zero-order valence-electron chi connectivity index (χ0n) is 14.9. The third kappa shape index (κ3) is 2.34. The Morgan fingerprint density at radius 1 is 1.09 bits per heavy atom. The van der Waals surface area contributed by atoms with E-state index in [1.165, 1.54) is 38.5 Å². The van der Waals surface area contributed by atoms with E-state index in [1.54, 1.807) is 5.57 Å². The fourth-order valence-electron chi connectivity index (χ4n) is 7.41. The lowest BCUT2D eigenvalue weighted by atomic mass is 9.49. The summed E-state index contributed by atoms with van der Waals surface area (Å²) in [6, 6.07) is 0. The van der Waals surface area contributed by atoms with E-state index in [0.717, 1.165) is 36.5 Å². The van der Waals surface area contributed by atoms with Crippen molar-refractivity contribution in [2.75, 3.05) is 6.67 Å². The second-order valence-electron chi connectivity index (χ2n) is 9.34. The maximum atomic E-state index is 13.2. The van der Waals surface area contributed by atoms with Gasteiger partial charge in [0, 0.05) is 0 Å². The standard InChI is InChI=1S/C21H33FO/c1-3-15-5-7-19-18-6-4-14-12-21(23,13-22)11-9-16(14)17(18)8-10-20(15,19)2/h3,14,16-19,23H,4-13H2,1-2H3/b15-3+/t14?,16-,17?,18?,19?,20+,21+/m0/s1. The molecule has 4 aliphatic carbocycles. The van der Waals surface area contributed by atoms with Crippen LogP contribution in [0.3, 0.4) is 0 Å². The van der Waals surface area contributed by atoms with Gasteiger partial charge in [0.25, 0.3) is 0 Å². The van der Waals surface area contributed by atoms with E-state index < -0.39 is 12.3 Å². The molecule has 0 aromatic rings. The van der Waals surface area contributed by atoms with Crippen molar-refractivity contribution in [3.05, 3.63) is 11.6 Å². The Morgan fingerprint density at radius 3 is 2.61 bits per heavy atom. The number of rotatable bonds is 1. The third-order valence-corrected chi connectivity index (χ3v) is 8.55. The van der Waals surface area contributed by atoms with Crippen molar-refractivity contribution in [3.63, 3.8) is 0 Å². The van der Waals surface area contributed by atoms with Crippen molar-refractivity contribution < 1.29 is 9.50 Å². The molecule has 0 amide bonds. The van der Waals surface area contributed by atoms with Crippen LogP contribution < -0.4 is 0 Å². The molecule has 1 nitrogen and oxygen atoms in total. The Balaban J connectivity index is 1.55. The summed E-state index contributed by atoms with van der Waals surface area (Å²) in [5, 5.41) is 10.4. The Kier molecular flexibility index (Phi) is 3.91. The molecule has 0 bridgehead atoms. The van der Waals surface area contributed by atoms with E-state index in [9.17, 15) is 9.50 Å². The number of hydrogen-bond acceptors (Lipinski definition) is 1. The lowest BCUT2D eigenvalue weighted by Gasteiger charge is -2.56. The van der Waals surface area contributed by atoms with Gasteiger partial charge in [-0.05, 0) is 99.7 Å². The topological polar surface area (TPSA) is 20.2 Å². The maximum absolute atomic E-state index is 13.2. The van der Waals surface area contributed by atoms with Gasteiger partial charge in [-0.2, -0.15) is 0 Å². The van der Waals surface area contributed by atoms with E-state index in [1.807, 2.05) is 0 Å². The zero-order chi connectivity index (χ0) is 16.2. The van der Waals surface area contributed by atoms with Crippen molar-refractivity contribution in [2.45, 2.75) is 77.2 Å². The van der Waals surface area contributed by atoms with Gasteiger partial charge in [0.1, 0.15) is 6.67 Å². The molecule has 2 heteroatoms. The molecule has 0 saturated heterocycles. The first-order valence-electron chi connectivity index (χ1n) is 9.95. The summed E-state index contributed by atoms with van der Waals surface area (Å²) in [4.78, 5) is 0. The van der Waals surface area contributed by atoms with Gasteiger partial charge in [0.05, 0.1) is 5.60 Å². The van der Waals surface area contributed by atoms with Gasteiger partial charge in [-0.1, -0.05) is 18.6 Å². The molecule has 0 aromatic heterocycles. The molecule has 4 aliphatic rings. The number of allylic oxidation sites excluding steroid dienone is 2. The molecule has 4 unspecified atom stereocenters. The molecule has 0 aliphatic heterocycles. The molecular weight excluding hydrogens is 287 g/mol. The predicted molar refractivity (Wildman–Crippen MR) is 91.8 cm³/mol. The summed E-state index contributed by atoms with van der Waals surface area (Å²) in [6.45, 7) is 4.21. The molecule has 0 radical (unpaired) electrons. The molecule has 0 spiro atoms. The van der Waals surface area contributed by atoms with E-state index in [2.05, 4.69) is 19.9 Å². The van der Waals surface area contributed by atoms with Crippen LogP contribution in [0.4, 0.5) is 4.39 Å². The quantitative estimate of drug-likeness (QED) is 0.651. The van der Waals surface area contributed by atoms with Crippen molar-refractivity contribution in [1.29, 1.82) is 0 Å². The predicted octanol–water partition coefficient (Wildman–Crippen LogP) is 5.29. The van der Waals surface area contributed by atoms with Gasteiger partial charge in [0.15, 0.2) is 0 Å². The SMILES string of the molecule is C/C=C1\CCC2C3CCC4C[C@@](O)(CF)CC[C@@H]4C3CC[C@]12C. The van der Waals surface area contributed by atoms with E-state index in [-0.39, 0.29) is 0 Å². The minimum absolute atomic E-state index is 0.469. The van der Waals surface area contributed by atoms with Gasteiger partial charge in [0.2, 0.25) is 0 Å². The molecule has 4 saturated carbocycles. The molecule has 4 rings (SSSR count). The first-order valence-corrected chi connectivity index (χ1v) is 9.95. The van der Waals surface area contributed by atoms with E-state index in [0.29, 0.717) is 17.8 Å². The second kappa shape index (κ2) is 5.58. The highest BCUT2D eigenvalue weighted by molar-refractivity contribution is 5.23. The van der Waals surface area contributed by atoms with Crippen LogP contribution in [0.5, 0.6) is 0 Å². The van der Waals surface area contributed by atoms with Crippen molar-refractivity contribution >= 4 is 0 Å². The number of aliphatic hydroxyl groups is 1. The van der Waals surface area contributed by atoms with Gasteiger partial charge in [-0.3, -0.25) is 0 Å². The van der Waals surface area contributed by atoms with Crippen LogP contribution in [-0.2, 0) is 0 Å². The van der Waals surface area contributed by atoms with E-state index >= 15 is 0 Å². The number of fused-ring (bicyclic) bond motifs is 5. The molecule has 1 N–H and O–H groups in total. The van der Waals surface area contributed by atoms with Gasteiger partial charge in [-0.25, -0.2) is 4.39 Å². The Morgan fingerprint density at radius 2 is 1.87 bits per heavy atom. The van der Waals surface area contributed by atoms with E-state index in [4.69, 9.17) is 0 Å². The number of halogens is 1. The van der Waals surface area contributed by atoms with Crippen LogP contribution in [0.2, 0.25) is 0 Å². The second-order valence-corrected chi connectivity index (χ2v) is 9.34. The van der Waals surface area contributed by atoms with Crippen molar-refractivity contribution in [2.24, 2.45) is 35.0 Å². The number of hydrogen-bond donors (Lipinski definition) is 1. The lowest BCUT2D eigenvalue weighted by molar-refractivity contribution is -0.104. The van der Waals surface area contributed by atoms with Crippen LogP contribution in [0.1, 0.15) is 71.6 Å². The summed E-state index contributed by atoms with van der Waals surface area (Å²) in [7, 11) is 0. The average molecular weight is 320 g/mol. The highest BCUT2D eigenvalue weighted by atomic mass is 19.1. The molecule has 0 heterocycles. The normalized spacial score (nSPS) is 54.4. The summed E-state index contributed by atoms with van der Waals surface area (Å²) in [5.41, 5.74) is 1.19. The molecule has 4 fully saturated rings. The van der Waals surface area contributed by atoms with Gasteiger partial charge < -0.3 is 5.11 Å². The van der Waals surface area contributed by atoms with Crippen LogP contribution in [0.25, 0.3) is 0 Å². The first kappa shape index (κ1) is 16.1. The number of alkyl halides is 1. The Labute approximate surface area is 140 Å². The lowest BCUT2D eigenvalue weighted by Crippen LogP contribution is -2.50. The minimum atomic E-state index is -0.997.